The Bertz CT molecular complexity index is 1120. The summed E-state index contributed by atoms with van der Waals surface area (Å²) < 4.78 is 21.4. The average Bonchev–Trinajstić information content (AvgIpc) is 3.51. The Morgan fingerprint density at radius 3 is 2.42 bits per heavy atom. The summed E-state index contributed by atoms with van der Waals surface area (Å²) in [6.07, 6.45) is 1.92. The molecule has 2 aromatic carbocycles. The molecule has 2 heterocycles. The molecule has 8 heteroatoms. The van der Waals surface area contributed by atoms with Crippen molar-refractivity contribution in [3.05, 3.63) is 84.1 Å². The lowest BCUT2D eigenvalue weighted by Gasteiger charge is -2.14. The SMILES string of the molecule is COc1cc(OC)cc(-c2noc([C@H](Cc3ccccc3)NC(=O)c3ccco3)n2)c1. The molecule has 1 atom stereocenters. The van der Waals surface area contributed by atoms with Gasteiger partial charge in [0, 0.05) is 18.1 Å². The number of amides is 1. The molecule has 1 N–H and O–H groups in total. The molecule has 1 amide bonds. The third kappa shape index (κ3) is 4.75. The zero-order chi connectivity index (χ0) is 21.6. The van der Waals surface area contributed by atoms with Gasteiger partial charge in [-0.1, -0.05) is 35.5 Å². The van der Waals surface area contributed by atoms with Crippen molar-refractivity contribution < 1.29 is 23.2 Å². The Morgan fingerprint density at radius 2 is 1.77 bits per heavy atom. The van der Waals surface area contributed by atoms with Gasteiger partial charge in [0.25, 0.3) is 5.91 Å². The maximum absolute atomic E-state index is 12.6. The summed E-state index contributed by atoms with van der Waals surface area (Å²) in [5, 5.41) is 7.01. The highest BCUT2D eigenvalue weighted by atomic mass is 16.5. The molecule has 0 saturated heterocycles. The fourth-order valence-corrected chi connectivity index (χ4v) is 3.12. The van der Waals surface area contributed by atoms with Gasteiger partial charge in [0.2, 0.25) is 11.7 Å². The second kappa shape index (κ2) is 9.17. The summed E-state index contributed by atoms with van der Waals surface area (Å²) in [5.74, 6) is 1.68. The lowest BCUT2D eigenvalue weighted by atomic mass is 10.1. The Balaban J connectivity index is 1.64. The third-order valence-corrected chi connectivity index (χ3v) is 4.68. The van der Waals surface area contributed by atoms with Gasteiger partial charge in [-0.3, -0.25) is 4.79 Å². The molecule has 0 fully saturated rings. The van der Waals surface area contributed by atoms with E-state index in [1.807, 2.05) is 30.3 Å². The van der Waals surface area contributed by atoms with Gasteiger partial charge in [0.1, 0.15) is 17.5 Å². The van der Waals surface area contributed by atoms with Gasteiger partial charge in [0.05, 0.1) is 20.5 Å². The van der Waals surface area contributed by atoms with Crippen LogP contribution in [0.3, 0.4) is 0 Å². The zero-order valence-electron chi connectivity index (χ0n) is 17.1. The fourth-order valence-electron chi connectivity index (χ4n) is 3.12. The van der Waals surface area contributed by atoms with E-state index in [0.29, 0.717) is 29.3 Å². The summed E-state index contributed by atoms with van der Waals surface area (Å²) in [6.45, 7) is 0. The van der Waals surface area contributed by atoms with Crippen LogP contribution in [-0.2, 0) is 6.42 Å². The molecule has 0 radical (unpaired) electrons. The molecule has 2 aromatic heterocycles. The smallest absolute Gasteiger partial charge is 0.287 e. The van der Waals surface area contributed by atoms with Gasteiger partial charge < -0.3 is 23.7 Å². The van der Waals surface area contributed by atoms with E-state index in [-0.39, 0.29) is 17.6 Å². The lowest BCUT2D eigenvalue weighted by Crippen LogP contribution is -2.30. The minimum atomic E-state index is -0.547. The first kappa shape index (κ1) is 20.2. The number of hydrogen-bond acceptors (Lipinski definition) is 7. The highest BCUT2D eigenvalue weighted by Gasteiger charge is 2.24. The van der Waals surface area contributed by atoms with Crippen LogP contribution in [0.4, 0.5) is 0 Å². The predicted molar refractivity (Wildman–Crippen MR) is 112 cm³/mol. The van der Waals surface area contributed by atoms with Crippen molar-refractivity contribution in [2.24, 2.45) is 0 Å². The van der Waals surface area contributed by atoms with Crippen LogP contribution >= 0.6 is 0 Å². The number of carbonyl (C=O) groups is 1. The minimum Gasteiger partial charge on any atom is -0.497 e. The van der Waals surface area contributed by atoms with Crippen LogP contribution in [0.5, 0.6) is 11.5 Å². The van der Waals surface area contributed by atoms with Crippen molar-refractivity contribution in [1.29, 1.82) is 0 Å². The summed E-state index contributed by atoms with van der Waals surface area (Å²) >= 11 is 0. The van der Waals surface area contributed by atoms with Crippen molar-refractivity contribution in [1.82, 2.24) is 15.5 Å². The molecule has 0 aliphatic heterocycles. The molecule has 0 aliphatic carbocycles. The molecular formula is C23H21N3O5. The summed E-state index contributed by atoms with van der Waals surface area (Å²) in [6, 6.07) is 17.8. The molecule has 0 aliphatic rings. The van der Waals surface area contributed by atoms with Crippen molar-refractivity contribution in [3.8, 4) is 22.9 Å². The van der Waals surface area contributed by atoms with Gasteiger partial charge in [-0.05, 0) is 29.8 Å². The number of aromatic nitrogens is 2. The number of nitrogens with one attached hydrogen (secondary N) is 1. The van der Waals surface area contributed by atoms with E-state index in [2.05, 4.69) is 15.5 Å². The van der Waals surface area contributed by atoms with Crippen LogP contribution in [0.1, 0.15) is 28.1 Å². The van der Waals surface area contributed by atoms with Gasteiger partial charge in [-0.25, -0.2) is 0 Å². The zero-order valence-corrected chi connectivity index (χ0v) is 17.1. The first-order chi connectivity index (χ1) is 15.2. The average molecular weight is 419 g/mol. The maximum atomic E-state index is 12.6. The second-order valence-corrected chi connectivity index (χ2v) is 6.75. The van der Waals surface area contributed by atoms with Gasteiger partial charge in [0.15, 0.2) is 5.76 Å². The predicted octanol–water partition coefficient (Wildman–Crippen LogP) is 4.06. The molecule has 0 spiro atoms. The van der Waals surface area contributed by atoms with Crippen LogP contribution in [0.15, 0.2) is 75.9 Å². The monoisotopic (exact) mass is 419 g/mol. The molecule has 158 valence electrons. The Kier molecular flexibility index (Phi) is 5.98. The van der Waals surface area contributed by atoms with Gasteiger partial charge >= 0.3 is 0 Å². The lowest BCUT2D eigenvalue weighted by molar-refractivity contribution is 0.0900. The van der Waals surface area contributed by atoms with E-state index in [1.54, 1.807) is 44.6 Å². The summed E-state index contributed by atoms with van der Waals surface area (Å²) in [5.41, 5.74) is 1.68. The maximum Gasteiger partial charge on any atom is 0.287 e. The van der Waals surface area contributed by atoms with E-state index >= 15 is 0 Å². The quantitative estimate of drug-likeness (QED) is 0.460. The van der Waals surface area contributed by atoms with Crippen molar-refractivity contribution in [2.45, 2.75) is 12.5 Å². The molecule has 31 heavy (non-hydrogen) atoms. The number of benzene rings is 2. The highest BCUT2D eigenvalue weighted by Crippen LogP contribution is 2.29. The van der Waals surface area contributed by atoms with Crippen LogP contribution in [-0.4, -0.2) is 30.3 Å². The second-order valence-electron chi connectivity index (χ2n) is 6.75. The number of hydrogen-bond donors (Lipinski definition) is 1. The normalized spacial score (nSPS) is 11.7. The molecular weight excluding hydrogens is 398 g/mol. The van der Waals surface area contributed by atoms with Crippen molar-refractivity contribution in [2.75, 3.05) is 14.2 Å². The fraction of sp³-hybridized carbons (Fsp3) is 0.174. The summed E-state index contributed by atoms with van der Waals surface area (Å²) in [4.78, 5) is 17.1. The summed E-state index contributed by atoms with van der Waals surface area (Å²) in [7, 11) is 3.14. The first-order valence-corrected chi connectivity index (χ1v) is 9.61. The largest absolute Gasteiger partial charge is 0.497 e. The Hall–Kier alpha value is -4.07. The molecule has 4 rings (SSSR count). The van der Waals surface area contributed by atoms with Gasteiger partial charge in [-0.15, -0.1) is 0 Å². The number of carbonyl (C=O) groups excluding carboxylic acids is 1. The van der Waals surface area contributed by atoms with E-state index in [4.69, 9.17) is 18.4 Å². The highest BCUT2D eigenvalue weighted by molar-refractivity contribution is 5.91. The number of ether oxygens (including phenoxy) is 2. The number of rotatable bonds is 8. The van der Waals surface area contributed by atoms with Crippen LogP contribution in [0.2, 0.25) is 0 Å². The third-order valence-electron chi connectivity index (χ3n) is 4.68. The van der Waals surface area contributed by atoms with E-state index in [9.17, 15) is 4.79 Å². The number of nitrogens with zero attached hydrogens (tertiary/aromatic N) is 2. The first-order valence-electron chi connectivity index (χ1n) is 9.61. The topological polar surface area (TPSA) is 99.6 Å². The Morgan fingerprint density at radius 1 is 1.03 bits per heavy atom. The minimum absolute atomic E-state index is 0.204. The van der Waals surface area contributed by atoms with Gasteiger partial charge in [-0.2, -0.15) is 4.98 Å². The van der Waals surface area contributed by atoms with Crippen molar-refractivity contribution in [3.63, 3.8) is 0 Å². The molecule has 0 bridgehead atoms. The molecule has 4 aromatic rings. The van der Waals surface area contributed by atoms with Crippen LogP contribution < -0.4 is 14.8 Å². The van der Waals surface area contributed by atoms with E-state index in [1.165, 1.54) is 6.26 Å². The van der Waals surface area contributed by atoms with E-state index in [0.717, 1.165) is 5.56 Å². The van der Waals surface area contributed by atoms with E-state index < -0.39 is 6.04 Å². The molecule has 0 saturated carbocycles. The molecule has 8 nitrogen and oxygen atoms in total. The Labute approximate surface area is 178 Å². The molecule has 0 unspecified atom stereocenters. The standard InChI is InChI=1S/C23H21N3O5/c1-28-17-12-16(13-18(14-17)29-2)21-25-23(31-26-21)19(11-15-7-4-3-5-8-15)24-22(27)20-9-6-10-30-20/h3-10,12-14,19H,11H2,1-2H3,(H,24,27)/t19-/m0/s1. The van der Waals surface area contributed by atoms with Crippen LogP contribution in [0, 0.1) is 0 Å². The van der Waals surface area contributed by atoms with Crippen molar-refractivity contribution >= 4 is 5.91 Å². The number of methoxy groups -OCH3 is 2. The number of furan rings is 1. The van der Waals surface area contributed by atoms with Crippen LogP contribution in [0.25, 0.3) is 11.4 Å².